The van der Waals surface area contributed by atoms with Crippen LogP contribution in [-0.4, -0.2) is 25.8 Å². The smallest absolute Gasteiger partial charge is 0.190 e. The molecule has 1 fully saturated rings. The van der Waals surface area contributed by atoms with Crippen molar-refractivity contribution in [2.45, 2.75) is 16.2 Å². The quantitative estimate of drug-likeness (QED) is 0.873. The number of hydrogen-bond acceptors (Lipinski definition) is 4. The third-order valence-electron chi connectivity index (χ3n) is 3.80. The topological polar surface area (TPSA) is 46.6 Å². The number of rotatable bonds is 3. The molecule has 0 unspecified atom stereocenters. The Kier molecular flexibility index (Phi) is 3.76. The van der Waals surface area contributed by atoms with E-state index in [1.165, 1.54) is 0 Å². The molecule has 2 aromatic carbocycles. The van der Waals surface area contributed by atoms with E-state index in [9.17, 15) is 8.42 Å². The van der Waals surface area contributed by atoms with Crippen LogP contribution in [0, 0.1) is 0 Å². The number of benzene rings is 2. The summed E-state index contributed by atoms with van der Waals surface area (Å²) in [5, 5.41) is 0.727. The molecule has 0 saturated carbocycles. The predicted octanol–water partition coefficient (Wildman–Crippen LogP) is 2.96. The summed E-state index contributed by atoms with van der Waals surface area (Å²) < 4.78 is 26.0. The van der Waals surface area contributed by atoms with Gasteiger partial charge in [0, 0.05) is 7.05 Å². The van der Waals surface area contributed by atoms with Gasteiger partial charge in [-0.3, -0.25) is 0 Å². The molecule has 1 aliphatic rings. The lowest BCUT2D eigenvalue weighted by atomic mass is 10.0. The van der Waals surface area contributed by atoms with E-state index in [0.29, 0.717) is 0 Å². The van der Waals surface area contributed by atoms with E-state index < -0.39 is 21.1 Å². The molecule has 0 aliphatic carbocycles. The number of nitrogens with zero attached hydrogens (tertiary/aromatic N) is 1. The molecule has 1 heterocycles. The summed E-state index contributed by atoms with van der Waals surface area (Å²) in [5.74, 6) is 0.250. The third kappa shape index (κ3) is 2.42. The molecule has 0 N–H and O–H groups in total. The summed E-state index contributed by atoms with van der Waals surface area (Å²) in [6, 6.07) is 17.5. The minimum Gasteiger partial charge on any atom is -0.409 e. The van der Waals surface area contributed by atoms with Crippen LogP contribution < -0.4 is 0 Å². The Morgan fingerprint density at radius 3 is 2.14 bits per heavy atom. The second-order valence-corrected chi connectivity index (χ2v) is 7.31. The molecule has 2 atom stereocenters. The fourth-order valence-electron chi connectivity index (χ4n) is 2.79. The van der Waals surface area contributed by atoms with E-state index in [2.05, 4.69) is 6.58 Å². The predicted molar refractivity (Wildman–Crippen MR) is 84.6 cm³/mol. The van der Waals surface area contributed by atoms with Crippen molar-refractivity contribution in [3.63, 3.8) is 0 Å². The second kappa shape index (κ2) is 5.59. The van der Waals surface area contributed by atoms with E-state index >= 15 is 0 Å². The normalized spacial score (nSPS) is 22.5. The van der Waals surface area contributed by atoms with Crippen molar-refractivity contribution in [3.05, 3.63) is 78.6 Å². The van der Waals surface area contributed by atoms with Gasteiger partial charge in [-0.1, -0.05) is 55.1 Å². The SMILES string of the molecule is C=C1ON(C)[C@@H](c2ccccc2)[C@H]1S(=O)(=O)c1ccccc1. The fraction of sp³-hybridized carbons (Fsp3) is 0.176. The Bertz CT molecular complexity index is 772. The molecule has 2 aromatic rings. The maximum absolute atomic E-state index is 13.0. The molecule has 4 nitrogen and oxygen atoms in total. The molecule has 5 heteroatoms. The largest absolute Gasteiger partial charge is 0.409 e. The van der Waals surface area contributed by atoms with Gasteiger partial charge in [-0.15, -0.1) is 5.06 Å². The zero-order valence-corrected chi connectivity index (χ0v) is 13.0. The molecule has 3 rings (SSSR count). The van der Waals surface area contributed by atoms with Gasteiger partial charge >= 0.3 is 0 Å². The van der Waals surface area contributed by atoms with Crippen molar-refractivity contribution in [1.82, 2.24) is 5.06 Å². The van der Waals surface area contributed by atoms with E-state index in [-0.39, 0.29) is 10.7 Å². The summed E-state index contributed by atoms with van der Waals surface area (Å²) in [4.78, 5) is 5.79. The Labute approximate surface area is 130 Å². The molecule has 0 radical (unpaired) electrons. The number of hydrogen-bond donors (Lipinski definition) is 0. The first-order chi connectivity index (χ1) is 10.5. The molecule has 1 aliphatic heterocycles. The molecule has 0 aromatic heterocycles. The van der Waals surface area contributed by atoms with Gasteiger partial charge in [0.05, 0.1) is 10.9 Å². The highest BCUT2D eigenvalue weighted by Crippen LogP contribution is 2.41. The molecular weight excluding hydrogens is 298 g/mol. The van der Waals surface area contributed by atoms with Crippen LogP contribution in [0.4, 0.5) is 0 Å². The van der Waals surface area contributed by atoms with Crippen molar-refractivity contribution in [3.8, 4) is 0 Å². The zero-order valence-electron chi connectivity index (χ0n) is 12.2. The lowest BCUT2D eigenvalue weighted by Crippen LogP contribution is -2.30. The fourth-order valence-corrected chi connectivity index (χ4v) is 4.68. The van der Waals surface area contributed by atoms with Crippen LogP contribution in [0.1, 0.15) is 11.6 Å². The van der Waals surface area contributed by atoms with Crippen molar-refractivity contribution in [2.24, 2.45) is 0 Å². The average Bonchev–Trinajstić information content (AvgIpc) is 2.84. The van der Waals surface area contributed by atoms with Gasteiger partial charge in [0.15, 0.2) is 9.84 Å². The van der Waals surface area contributed by atoms with Gasteiger partial charge < -0.3 is 4.84 Å². The first-order valence-corrected chi connectivity index (χ1v) is 8.50. The molecule has 22 heavy (non-hydrogen) atoms. The van der Waals surface area contributed by atoms with Gasteiger partial charge in [-0.25, -0.2) is 8.42 Å². The van der Waals surface area contributed by atoms with Gasteiger partial charge in [0.25, 0.3) is 0 Å². The lowest BCUT2D eigenvalue weighted by Gasteiger charge is -2.21. The second-order valence-electron chi connectivity index (χ2n) is 5.24. The van der Waals surface area contributed by atoms with E-state index in [1.54, 1.807) is 42.4 Å². The van der Waals surface area contributed by atoms with Crippen molar-refractivity contribution in [1.29, 1.82) is 0 Å². The number of sulfone groups is 1. The van der Waals surface area contributed by atoms with Crippen LogP contribution in [0.5, 0.6) is 0 Å². The molecular formula is C17H17NO3S. The highest BCUT2D eigenvalue weighted by atomic mass is 32.2. The molecule has 0 amide bonds. The van der Waals surface area contributed by atoms with Gasteiger partial charge in [-0.2, -0.15) is 0 Å². The molecule has 0 spiro atoms. The van der Waals surface area contributed by atoms with Crippen molar-refractivity contribution >= 4 is 9.84 Å². The van der Waals surface area contributed by atoms with Crippen LogP contribution in [-0.2, 0) is 14.7 Å². The van der Waals surface area contributed by atoms with Crippen LogP contribution in [0.25, 0.3) is 0 Å². The molecule has 114 valence electrons. The lowest BCUT2D eigenvalue weighted by molar-refractivity contribution is -0.0818. The molecule has 1 saturated heterocycles. The first kappa shape index (κ1) is 14.8. The van der Waals surface area contributed by atoms with Crippen LogP contribution in [0.2, 0.25) is 0 Å². The Hall–Kier alpha value is -2.11. The summed E-state index contributed by atoms with van der Waals surface area (Å²) in [5.41, 5.74) is 0.883. The Balaban J connectivity index is 2.09. The van der Waals surface area contributed by atoms with Crippen molar-refractivity contribution in [2.75, 3.05) is 7.05 Å². The standard InChI is InChI=1S/C17H17NO3S/c1-13-17(22(19,20)15-11-7-4-8-12-15)16(18(2)21-13)14-9-5-3-6-10-14/h3-12,16-17H,1H2,2H3/t16-,17-/m0/s1. The Morgan fingerprint density at radius 2 is 1.55 bits per heavy atom. The Morgan fingerprint density at radius 1 is 1.00 bits per heavy atom. The van der Waals surface area contributed by atoms with E-state index in [1.807, 2.05) is 30.3 Å². The first-order valence-electron chi connectivity index (χ1n) is 6.95. The minimum absolute atomic E-state index is 0.250. The van der Waals surface area contributed by atoms with Gasteiger partial charge in [0.2, 0.25) is 0 Å². The maximum atomic E-state index is 13.0. The number of hydroxylamine groups is 2. The highest BCUT2D eigenvalue weighted by Gasteiger charge is 2.47. The van der Waals surface area contributed by atoms with Gasteiger partial charge in [0.1, 0.15) is 11.0 Å². The van der Waals surface area contributed by atoms with E-state index in [4.69, 9.17) is 4.84 Å². The summed E-state index contributed by atoms with van der Waals surface area (Å²) in [6.45, 7) is 3.81. The third-order valence-corrected chi connectivity index (χ3v) is 5.92. The van der Waals surface area contributed by atoms with Crippen molar-refractivity contribution < 1.29 is 13.3 Å². The van der Waals surface area contributed by atoms with Crippen LogP contribution >= 0.6 is 0 Å². The summed E-state index contributed by atoms with van der Waals surface area (Å²) >= 11 is 0. The van der Waals surface area contributed by atoms with Crippen LogP contribution in [0.15, 0.2) is 77.9 Å². The van der Waals surface area contributed by atoms with Gasteiger partial charge in [-0.05, 0) is 17.7 Å². The zero-order chi connectivity index (χ0) is 15.7. The summed E-state index contributed by atoms with van der Waals surface area (Å²) in [7, 11) is -1.86. The minimum atomic E-state index is -3.58. The van der Waals surface area contributed by atoms with Crippen LogP contribution in [0.3, 0.4) is 0 Å². The maximum Gasteiger partial charge on any atom is 0.190 e. The van der Waals surface area contributed by atoms with E-state index in [0.717, 1.165) is 5.56 Å². The molecule has 0 bridgehead atoms. The highest BCUT2D eigenvalue weighted by molar-refractivity contribution is 7.92. The average molecular weight is 315 g/mol. The monoisotopic (exact) mass is 315 g/mol. The summed E-state index contributed by atoms with van der Waals surface area (Å²) in [6.07, 6.45) is 0.